The molecule has 7 heteroatoms. The number of esters is 1. The van der Waals surface area contributed by atoms with Gasteiger partial charge < -0.3 is 19.7 Å². The minimum Gasteiger partial charge on any atom is -0.497 e. The van der Waals surface area contributed by atoms with Crippen molar-refractivity contribution < 1.29 is 23.9 Å². The average Bonchev–Trinajstić information content (AvgIpc) is 2.66. The van der Waals surface area contributed by atoms with Crippen LogP contribution in [0.1, 0.15) is 32.3 Å². The lowest BCUT2D eigenvalue weighted by atomic mass is 9.75. The topological polar surface area (TPSA) is 84.9 Å². The standard InChI is InChI=1S/C20H28N2O5/c1-4-27-19(25)20(12-16-7-5-8-17(11-16)26-3)9-6-10-22(14-20)18(24)13-21-15(2)23/h5,7-8,11H,4,6,9-10,12-14H2,1-3H3,(H,21,23)/t20-/m0/s1. The molecule has 27 heavy (non-hydrogen) atoms. The van der Waals surface area contributed by atoms with Gasteiger partial charge in [0, 0.05) is 20.0 Å². The maximum Gasteiger partial charge on any atom is 0.314 e. The lowest BCUT2D eigenvalue weighted by Crippen LogP contribution is -2.53. The number of rotatable bonds is 7. The van der Waals surface area contributed by atoms with Crippen LogP contribution in [-0.2, 0) is 25.5 Å². The van der Waals surface area contributed by atoms with Gasteiger partial charge in [-0.3, -0.25) is 14.4 Å². The van der Waals surface area contributed by atoms with E-state index in [-0.39, 0.29) is 30.9 Å². The molecule has 1 aliphatic heterocycles. The number of amides is 2. The molecule has 1 fully saturated rings. The van der Waals surface area contributed by atoms with E-state index in [1.54, 1.807) is 18.9 Å². The van der Waals surface area contributed by atoms with Crippen molar-refractivity contribution in [1.29, 1.82) is 0 Å². The zero-order valence-corrected chi connectivity index (χ0v) is 16.2. The fourth-order valence-electron chi connectivity index (χ4n) is 3.50. The van der Waals surface area contributed by atoms with Crippen molar-refractivity contribution in [3.8, 4) is 5.75 Å². The Kier molecular flexibility index (Phi) is 7.21. The van der Waals surface area contributed by atoms with Gasteiger partial charge in [0.05, 0.1) is 25.7 Å². The smallest absolute Gasteiger partial charge is 0.314 e. The van der Waals surface area contributed by atoms with Gasteiger partial charge in [-0.25, -0.2) is 0 Å². The van der Waals surface area contributed by atoms with Gasteiger partial charge in [0.2, 0.25) is 11.8 Å². The Balaban J connectivity index is 2.22. The van der Waals surface area contributed by atoms with Gasteiger partial charge in [-0.15, -0.1) is 0 Å². The largest absolute Gasteiger partial charge is 0.497 e. The fraction of sp³-hybridized carbons (Fsp3) is 0.550. The van der Waals surface area contributed by atoms with E-state index >= 15 is 0 Å². The highest BCUT2D eigenvalue weighted by Crippen LogP contribution is 2.36. The first kappa shape index (κ1) is 20.7. The van der Waals surface area contributed by atoms with Crippen molar-refractivity contribution >= 4 is 17.8 Å². The number of carbonyl (C=O) groups excluding carboxylic acids is 3. The van der Waals surface area contributed by atoms with E-state index in [2.05, 4.69) is 5.32 Å². The normalized spacial score (nSPS) is 19.3. The van der Waals surface area contributed by atoms with Gasteiger partial charge in [0.15, 0.2) is 0 Å². The Bertz CT molecular complexity index is 691. The summed E-state index contributed by atoms with van der Waals surface area (Å²) in [5.74, 6) is -0.0108. The Hall–Kier alpha value is -2.57. The first-order valence-corrected chi connectivity index (χ1v) is 9.22. The SMILES string of the molecule is CCOC(=O)[C@]1(Cc2cccc(OC)c2)CCCN(C(=O)CNC(C)=O)C1. The minimum atomic E-state index is -0.799. The van der Waals surface area contributed by atoms with E-state index in [1.165, 1.54) is 6.92 Å². The van der Waals surface area contributed by atoms with Gasteiger partial charge in [-0.1, -0.05) is 12.1 Å². The molecule has 0 radical (unpaired) electrons. The first-order chi connectivity index (χ1) is 12.9. The monoisotopic (exact) mass is 376 g/mol. The summed E-state index contributed by atoms with van der Waals surface area (Å²) in [6.45, 7) is 4.22. The molecule has 148 valence electrons. The number of hydrogen-bond donors (Lipinski definition) is 1. The second kappa shape index (κ2) is 9.39. The fourth-order valence-corrected chi connectivity index (χ4v) is 3.50. The third-order valence-electron chi connectivity index (χ3n) is 4.80. The maximum atomic E-state index is 12.9. The molecule has 0 saturated carbocycles. The Morgan fingerprint density at radius 1 is 1.30 bits per heavy atom. The van der Waals surface area contributed by atoms with Crippen molar-refractivity contribution in [2.24, 2.45) is 5.41 Å². The van der Waals surface area contributed by atoms with Gasteiger partial charge in [0.25, 0.3) is 0 Å². The van der Waals surface area contributed by atoms with E-state index in [4.69, 9.17) is 9.47 Å². The van der Waals surface area contributed by atoms with Crippen molar-refractivity contribution in [2.45, 2.75) is 33.1 Å². The Morgan fingerprint density at radius 2 is 2.07 bits per heavy atom. The predicted octanol–water partition coefficient (Wildman–Crippen LogP) is 1.55. The number of ether oxygens (including phenoxy) is 2. The number of methoxy groups -OCH3 is 1. The molecule has 7 nitrogen and oxygen atoms in total. The Morgan fingerprint density at radius 3 is 2.74 bits per heavy atom. The molecule has 2 amide bonds. The highest BCUT2D eigenvalue weighted by atomic mass is 16.5. The number of benzene rings is 1. The summed E-state index contributed by atoms with van der Waals surface area (Å²) < 4.78 is 10.6. The van der Waals surface area contributed by atoms with Crippen LogP contribution in [0.15, 0.2) is 24.3 Å². The number of nitrogens with zero attached hydrogens (tertiary/aromatic N) is 1. The number of nitrogens with one attached hydrogen (secondary N) is 1. The Labute approximate surface area is 160 Å². The molecular formula is C20H28N2O5. The molecule has 1 N–H and O–H groups in total. The van der Waals surface area contributed by atoms with Crippen molar-refractivity contribution in [2.75, 3.05) is 33.4 Å². The highest BCUT2D eigenvalue weighted by Gasteiger charge is 2.44. The minimum absolute atomic E-state index is 0.0621. The zero-order chi connectivity index (χ0) is 19.9. The number of piperidine rings is 1. The molecule has 2 rings (SSSR count). The molecule has 0 bridgehead atoms. The van der Waals surface area contributed by atoms with Gasteiger partial charge >= 0.3 is 5.97 Å². The summed E-state index contributed by atoms with van der Waals surface area (Å²) in [5, 5.41) is 2.53. The summed E-state index contributed by atoms with van der Waals surface area (Å²) in [4.78, 5) is 38.0. The second-order valence-electron chi connectivity index (χ2n) is 6.86. The molecule has 1 heterocycles. The lowest BCUT2D eigenvalue weighted by molar-refractivity contribution is -0.160. The van der Waals surface area contributed by atoms with E-state index < -0.39 is 5.41 Å². The predicted molar refractivity (Wildman–Crippen MR) is 100 cm³/mol. The molecule has 1 saturated heterocycles. The van der Waals surface area contributed by atoms with Crippen LogP contribution >= 0.6 is 0 Å². The molecule has 1 aromatic carbocycles. The summed E-state index contributed by atoms with van der Waals surface area (Å²) in [6, 6.07) is 7.58. The van der Waals surface area contributed by atoms with E-state index in [9.17, 15) is 14.4 Å². The molecule has 0 unspecified atom stereocenters. The molecule has 1 atom stereocenters. The van der Waals surface area contributed by atoms with Crippen LogP contribution in [-0.4, -0.2) is 56.0 Å². The van der Waals surface area contributed by atoms with E-state index in [0.29, 0.717) is 32.4 Å². The zero-order valence-electron chi connectivity index (χ0n) is 16.2. The summed E-state index contributed by atoms with van der Waals surface area (Å²) >= 11 is 0. The average molecular weight is 376 g/mol. The van der Waals surface area contributed by atoms with E-state index in [1.807, 2.05) is 24.3 Å². The van der Waals surface area contributed by atoms with Gasteiger partial charge in [0.1, 0.15) is 5.75 Å². The number of likely N-dealkylation sites (tertiary alicyclic amines) is 1. The van der Waals surface area contributed by atoms with Gasteiger partial charge in [-0.05, 0) is 43.9 Å². The maximum absolute atomic E-state index is 12.9. The van der Waals surface area contributed by atoms with Crippen LogP contribution < -0.4 is 10.1 Å². The van der Waals surface area contributed by atoms with Crippen LogP contribution in [0.3, 0.4) is 0 Å². The quantitative estimate of drug-likeness (QED) is 0.730. The third kappa shape index (κ3) is 5.45. The molecule has 0 aromatic heterocycles. The van der Waals surface area contributed by atoms with Crippen LogP contribution in [0.5, 0.6) is 5.75 Å². The molecule has 0 spiro atoms. The summed E-state index contributed by atoms with van der Waals surface area (Å²) in [5.41, 5.74) is 0.158. The van der Waals surface area contributed by atoms with Crippen LogP contribution in [0.4, 0.5) is 0 Å². The number of hydrogen-bond acceptors (Lipinski definition) is 5. The van der Waals surface area contributed by atoms with Crippen molar-refractivity contribution in [1.82, 2.24) is 10.2 Å². The molecule has 1 aromatic rings. The third-order valence-corrected chi connectivity index (χ3v) is 4.80. The highest BCUT2D eigenvalue weighted by molar-refractivity contribution is 5.85. The molecule has 1 aliphatic rings. The van der Waals surface area contributed by atoms with Crippen molar-refractivity contribution in [3.05, 3.63) is 29.8 Å². The van der Waals surface area contributed by atoms with Crippen molar-refractivity contribution in [3.63, 3.8) is 0 Å². The van der Waals surface area contributed by atoms with E-state index in [0.717, 1.165) is 11.3 Å². The lowest BCUT2D eigenvalue weighted by Gasteiger charge is -2.41. The number of carbonyl (C=O) groups is 3. The first-order valence-electron chi connectivity index (χ1n) is 9.22. The van der Waals surface area contributed by atoms with Crippen LogP contribution in [0.25, 0.3) is 0 Å². The summed E-state index contributed by atoms with van der Waals surface area (Å²) in [6.07, 6.45) is 1.81. The molecule has 0 aliphatic carbocycles. The van der Waals surface area contributed by atoms with Gasteiger partial charge in [-0.2, -0.15) is 0 Å². The second-order valence-corrected chi connectivity index (χ2v) is 6.86. The van der Waals surface area contributed by atoms with Crippen LogP contribution in [0.2, 0.25) is 0 Å². The molecular weight excluding hydrogens is 348 g/mol. The van der Waals surface area contributed by atoms with Crippen LogP contribution in [0, 0.1) is 5.41 Å². The summed E-state index contributed by atoms with van der Waals surface area (Å²) in [7, 11) is 1.60.